The lowest BCUT2D eigenvalue weighted by Crippen LogP contribution is -2.28. The molecule has 8 nitrogen and oxygen atoms in total. The molecule has 0 saturated heterocycles. The number of halogens is 1. The van der Waals surface area contributed by atoms with Crippen LogP contribution in [0.3, 0.4) is 0 Å². The summed E-state index contributed by atoms with van der Waals surface area (Å²) in [5, 5.41) is 3.77. The Labute approximate surface area is 142 Å². The van der Waals surface area contributed by atoms with Gasteiger partial charge in [0, 0.05) is 25.0 Å². The van der Waals surface area contributed by atoms with Crippen molar-refractivity contribution in [2.75, 3.05) is 18.5 Å². The summed E-state index contributed by atoms with van der Waals surface area (Å²) >= 11 is 0. The number of esters is 1. The van der Waals surface area contributed by atoms with E-state index in [1.54, 1.807) is 30.4 Å². The molecule has 128 valence electrons. The van der Waals surface area contributed by atoms with E-state index in [2.05, 4.69) is 20.1 Å². The fourth-order valence-electron chi connectivity index (χ4n) is 1.97. The van der Waals surface area contributed by atoms with E-state index >= 15 is 0 Å². The highest BCUT2D eigenvalue weighted by Gasteiger charge is 2.14. The van der Waals surface area contributed by atoms with Crippen molar-refractivity contribution in [1.29, 1.82) is 0 Å². The lowest BCUT2D eigenvalue weighted by molar-refractivity contribution is -0.144. The Bertz CT molecular complexity index is 838. The zero-order valence-corrected chi connectivity index (χ0v) is 13.3. The minimum Gasteiger partial charge on any atom is -0.454 e. The number of ether oxygens (including phenoxy) is 1. The molecule has 0 radical (unpaired) electrons. The van der Waals surface area contributed by atoms with Gasteiger partial charge in [-0.2, -0.15) is 4.98 Å². The predicted molar refractivity (Wildman–Crippen MR) is 84.8 cm³/mol. The Morgan fingerprint density at radius 3 is 2.68 bits per heavy atom. The normalized spacial score (nSPS) is 10.5. The fourth-order valence-corrected chi connectivity index (χ4v) is 1.97. The SMILES string of the molecule is CN(CC(=O)OCc1nc(-c2ccc(F)cc2)no1)c1ncccn1. The number of nitrogens with zero attached hydrogens (tertiary/aromatic N) is 5. The highest BCUT2D eigenvalue weighted by molar-refractivity contribution is 5.74. The monoisotopic (exact) mass is 343 g/mol. The van der Waals surface area contributed by atoms with E-state index in [9.17, 15) is 9.18 Å². The van der Waals surface area contributed by atoms with Gasteiger partial charge in [-0.25, -0.2) is 14.4 Å². The van der Waals surface area contributed by atoms with Gasteiger partial charge in [0.1, 0.15) is 12.4 Å². The lowest BCUT2D eigenvalue weighted by Gasteiger charge is -2.14. The number of rotatable bonds is 6. The standard InChI is InChI=1S/C16H14FN5O3/c1-22(16-18-7-2-8-19-16)9-14(23)24-10-13-20-15(21-25-13)11-3-5-12(17)6-4-11/h2-8H,9-10H2,1H3. The number of anilines is 1. The lowest BCUT2D eigenvalue weighted by atomic mass is 10.2. The third kappa shape index (κ3) is 4.34. The molecular formula is C16H14FN5O3. The van der Waals surface area contributed by atoms with Crippen LogP contribution in [-0.4, -0.2) is 39.7 Å². The van der Waals surface area contributed by atoms with Gasteiger partial charge in [0.25, 0.3) is 5.89 Å². The molecule has 0 bridgehead atoms. The van der Waals surface area contributed by atoms with Gasteiger partial charge in [-0.15, -0.1) is 0 Å². The van der Waals surface area contributed by atoms with E-state index in [0.717, 1.165) is 0 Å². The molecule has 2 aromatic heterocycles. The van der Waals surface area contributed by atoms with Crippen LogP contribution in [0.15, 0.2) is 47.2 Å². The van der Waals surface area contributed by atoms with Crippen LogP contribution in [-0.2, 0) is 16.1 Å². The summed E-state index contributed by atoms with van der Waals surface area (Å²) in [4.78, 5) is 25.6. The maximum atomic E-state index is 12.9. The average Bonchev–Trinajstić information content (AvgIpc) is 3.10. The summed E-state index contributed by atoms with van der Waals surface area (Å²) in [5.74, 6) is 0.00683. The molecule has 3 aromatic rings. The van der Waals surface area contributed by atoms with Crippen molar-refractivity contribution in [2.24, 2.45) is 0 Å². The second-order valence-corrected chi connectivity index (χ2v) is 5.08. The van der Waals surface area contributed by atoms with Gasteiger partial charge in [-0.1, -0.05) is 5.16 Å². The number of carbonyl (C=O) groups excluding carboxylic acids is 1. The van der Waals surface area contributed by atoms with Crippen LogP contribution in [0, 0.1) is 5.82 Å². The Morgan fingerprint density at radius 1 is 1.24 bits per heavy atom. The molecule has 25 heavy (non-hydrogen) atoms. The summed E-state index contributed by atoms with van der Waals surface area (Å²) in [6.45, 7) is -0.181. The highest BCUT2D eigenvalue weighted by Crippen LogP contribution is 2.16. The third-order valence-corrected chi connectivity index (χ3v) is 3.19. The number of benzene rings is 1. The molecule has 2 heterocycles. The van der Waals surface area contributed by atoms with E-state index in [1.165, 1.54) is 24.3 Å². The summed E-state index contributed by atoms with van der Waals surface area (Å²) < 4.78 is 23.0. The molecule has 0 unspecified atom stereocenters. The van der Waals surface area contributed by atoms with Gasteiger partial charge in [-0.05, 0) is 30.3 Å². The van der Waals surface area contributed by atoms with Gasteiger partial charge in [-0.3, -0.25) is 4.79 Å². The minimum atomic E-state index is -0.489. The van der Waals surface area contributed by atoms with Crippen molar-refractivity contribution in [1.82, 2.24) is 20.1 Å². The van der Waals surface area contributed by atoms with Crippen molar-refractivity contribution in [3.63, 3.8) is 0 Å². The summed E-state index contributed by atoms with van der Waals surface area (Å²) in [6.07, 6.45) is 3.17. The first kappa shape index (κ1) is 16.5. The molecule has 0 saturated carbocycles. The molecule has 0 aliphatic rings. The first-order valence-corrected chi connectivity index (χ1v) is 7.34. The van der Waals surface area contributed by atoms with Gasteiger partial charge >= 0.3 is 5.97 Å². The topological polar surface area (TPSA) is 94.2 Å². The van der Waals surface area contributed by atoms with Crippen molar-refractivity contribution in [2.45, 2.75) is 6.61 Å². The van der Waals surface area contributed by atoms with E-state index in [-0.39, 0.29) is 24.9 Å². The van der Waals surface area contributed by atoms with E-state index in [4.69, 9.17) is 9.26 Å². The highest BCUT2D eigenvalue weighted by atomic mass is 19.1. The van der Waals surface area contributed by atoms with Crippen molar-refractivity contribution in [3.05, 3.63) is 54.4 Å². The molecule has 3 rings (SSSR count). The maximum absolute atomic E-state index is 12.9. The fraction of sp³-hybridized carbons (Fsp3) is 0.188. The van der Waals surface area contributed by atoms with Gasteiger partial charge < -0.3 is 14.2 Å². The zero-order valence-electron chi connectivity index (χ0n) is 13.3. The van der Waals surface area contributed by atoms with E-state index < -0.39 is 5.97 Å². The number of aromatic nitrogens is 4. The van der Waals surface area contributed by atoms with Crippen molar-refractivity contribution in [3.8, 4) is 11.4 Å². The molecule has 0 amide bonds. The Hall–Kier alpha value is -3.36. The number of carbonyl (C=O) groups is 1. The molecule has 0 fully saturated rings. The van der Waals surface area contributed by atoms with Crippen LogP contribution in [0.2, 0.25) is 0 Å². The Balaban J connectivity index is 1.53. The van der Waals surface area contributed by atoms with Gasteiger partial charge in [0.2, 0.25) is 11.8 Å². The van der Waals surface area contributed by atoms with Crippen LogP contribution < -0.4 is 4.90 Å². The number of hydrogen-bond donors (Lipinski definition) is 0. The molecule has 0 N–H and O–H groups in total. The summed E-state index contributed by atoms with van der Waals surface area (Å²) in [6, 6.07) is 7.35. The summed E-state index contributed by atoms with van der Waals surface area (Å²) in [7, 11) is 1.68. The Morgan fingerprint density at radius 2 is 1.96 bits per heavy atom. The largest absolute Gasteiger partial charge is 0.454 e. The van der Waals surface area contributed by atoms with Gasteiger partial charge in [0.15, 0.2) is 6.61 Å². The van der Waals surface area contributed by atoms with Crippen LogP contribution in [0.4, 0.5) is 10.3 Å². The van der Waals surface area contributed by atoms with Crippen LogP contribution >= 0.6 is 0 Å². The molecule has 0 atom stereocenters. The third-order valence-electron chi connectivity index (χ3n) is 3.19. The number of hydrogen-bond acceptors (Lipinski definition) is 8. The first-order valence-electron chi connectivity index (χ1n) is 7.34. The summed E-state index contributed by atoms with van der Waals surface area (Å²) in [5.41, 5.74) is 0.601. The second kappa shape index (κ2) is 7.47. The Kier molecular flexibility index (Phi) is 4.93. The first-order chi connectivity index (χ1) is 12.1. The van der Waals surface area contributed by atoms with E-state index in [0.29, 0.717) is 17.3 Å². The van der Waals surface area contributed by atoms with Crippen LogP contribution in [0.1, 0.15) is 5.89 Å². The minimum absolute atomic E-state index is 0.0248. The molecule has 0 spiro atoms. The zero-order chi connectivity index (χ0) is 17.6. The molecule has 9 heteroatoms. The molecule has 0 aliphatic carbocycles. The quantitative estimate of drug-likeness (QED) is 0.626. The smallest absolute Gasteiger partial charge is 0.326 e. The average molecular weight is 343 g/mol. The molecule has 0 aliphatic heterocycles. The predicted octanol–water partition coefficient (Wildman–Crippen LogP) is 1.85. The van der Waals surface area contributed by atoms with Crippen LogP contribution in [0.5, 0.6) is 0 Å². The molecular weight excluding hydrogens is 329 g/mol. The maximum Gasteiger partial charge on any atom is 0.326 e. The second-order valence-electron chi connectivity index (χ2n) is 5.08. The van der Waals surface area contributed by atoms with Crippen molar-refractivity contribution < 1.29 is 18.4 Å². The number of likely N-dealkylation sites (N-methyl/N-ethyl adjacent to an activating group) is 1. The van der Waals surface area contributed by atoms with Crippen LogP contribution in [0.25, 0.3) is 11.4 Å². The van der Waals surface area contributed by atoms with Crippen molar-refractivity contribution >= 4 is 11.9 Å². The van der Waals surface area contributed by atoms with Gasteiger partial charge in [0.05, 0.1) is 0 Å². The molecule has 1 aromatic carbocycles. The van der Waals surface area contributed by atoms with E-state index in [1.807, 2.05) is 0 Å².